The van der Waals surface area contributed by atoms with E-state index < -0.39 is 9.84 Å². The first kappa shape index (κ1) is 24.7. The Kier molecular flexibility index (Phi) is 9.68. The number of amides is 1. The van der Waals surface area contributed by atoms with Crippen molar-refractivity contribution in [1.82, 2.24) is 5.32 Å². The van der Waals surface area contributed by atoms with Gasteiger partial charge in [-0.3, -0.25) is 4.79 Å². The van der Waals surface area contributed by atoms with Crippen LogP contribution in [0.3, 0.4) is 0 Å². The molecule has 0 bridgehead atoms. The highest BCUT2D eigenvalue weighted by Gasteiger charge is 2.16. The molecule has 4 nitrogen and oxygen atoms in total. The Morgan fingerprint density at radius 1 is 0.929 bits per heavy atom. The summed E-state index contributed by atoms with van der Waals surface area (Å²) in [6.07, 6.45) is 6.01. The summed E-state index contributed by atoms with van der Waals surface area (Å²) >= 11 is 0. The van der Waals surface area contributed by atoms with E-state index in [2.05, 4.69) is 19.2 Å². The van der Waals surface area contributed by atoms with Crippen LogP contribution in [0.1, 0.15) is 92.4 Å². The first-order valence-corrected chi connectivity index (χ1v) is 12.3. The Bertz CT molecular complexity index is 765. The van der Waals surface area contributed by atoms with Crippen molar-refractivity contribution in [3.8, 4) is 0 Å². The topological polar surface area (TPSA) is 63.2 Å². The summed E-state index contributed by atoms with van der Waals surface area (Å²) in [5.74, 6) is 0.309. The van der Waals surface area contributed by atoms with E-state index in [1.807, 2.05) is 26.8 Å². The van der Waals surface area contributed by atoms with E-state index in [0.29, 0.717) is 5.75 Å². The maximum Gasteiger partial charge on any atom is 0.251 e. The highest BCUT2D eigenvalue weighted by molar-refractivity contribution is 7.91. The second kappa shape index (κ2) is 11.0. The fraction of sp³-hybridized carbons (Fsp3) is 0.696. The van der Waals surface area contributed by atoms with Crippen LogP contribution in [0.2, 0.25) is 0 Å². The summed E-state index contributed by atoms with van der Waals surface area (Å²) in [4.78, 5) is 12.4. The maximum absolute atomic E-state index is 12.4. The molecule has 0 spiro atoms. The smallest absolute Gasteiger partial charge is 0.251 e. The van der Waals surface area contributed by atoms with Crippen LogP contribution < -0.4 is 5.32 Å². The van der Waals surface area contributed by atoms with Gasteiger partial charge in [0.05, 0.1) is 11.0 Å². The lowest BCUT2D eigenvalue weighted by molar-refractivity contribution is 0.0942. The summed E-state index contributed by atoms with van der Waals surface area (Å²) in [5.41, 5.74) is 5.59. The van der Waals surface area contributed by atoms with Gasteiger partial charge in [-0.1, -0.05) is 19.3 Å². The second-order valence-electron chi connectivity index (χ2n) is 8.53. The van der Waals surface area contributed by atoms with E-state index in [1.165, 1.54) is 16.7 Å². The lowest BCUT2D eigenvalue weighted by Gasteiger charge is -2.17. The molecule has 0 saturated carbocycles. The molecular formula is C23H39NO3S. The Labute approximate surface area is 172 Å². The highest BCUT2D eigenvalue weighted by atomic mass is 32.2. The minimum Gasteiger partial charge on any atom is -0.350 e. The molecule has 0 saturated heterocycles. The Balaban J connectivity index is 2.55. The molecule has 0 aliphatic carbocycles. The van der Waals surface area contributed by atoms with Gasteiger partial charge in [0, 0.05) is 11.6 Å². The van der Waals surface area contributed by atoms with E-state index in [9.17, 15) is 13.2 Å². The van der Waals surface area contributed by atoms with Crippen LogP contribution in [-0.2, 0) is 16.3 Å². The van der Waals surface area contributed by atoms with E-state index in [4.69, 9.17) is 0 Å². The molecule has 5 heteroatoms. The summed E-state index contributed by atoms with van der Waals surface area (Å²) in [6, 6.07) is 2.15. The van der Waals surface area contributed by atoms with Crippen molar-refractivity contribution in [3.63, 3.8) is 0 Å². The van der Waals surface area contributed by atoms with Crippen LogP contribution in [0.4, 0.5) is 0 Å². The predicted octanol–water partition coefficient (Wildman–Crippen LogP) is 5.07. The summed E-state index contributed by atoms with van der Waals surface area (Å²) in [6.45, 7) is 13.7. The molecule has 0 unspecified atom stereocenters. The fourth-order valence-corrected chi connectivity index (χ4v) is 4.55. The van der Waals surface area contributed by atoms with Crippen LogP contribution in [0.5, 0.6) is 0 Å². The minimum atomic E-state index is -2.90. The molecule has 160 valence electrons. The molecule has 0 aliphatic rings. The molecule has 1 aromatic carbocycles. The average molecular weight is 410 g/mol. The minimum absolute atomic E-state index is 0.00148. The number of hydrogen-bond acceptors (Lipinski definition) is 3. The molecule has 0 radical (unpaired) electrons. The maximum atomic E-state index is 12.4. The van der Waals surface area contributed by atoms with Crippen molar-refractivity contribution in [2.24, 2.45) is 0 Å². The van der Waals surface area contributed by atoms with Crippen molar-refractivity contribution in [2.75, 3.05) is 5.75 Å². The number of hydrogen-bond donors (Lipinski definition) is 1. The molecule has 1 rings (SSSR count). The van der Waals surface area contributed by atoms with Gasteiger partial charge in [0.25, 0.3) is 5.91 Å². The molecule has 0 aromatic heterocycles. The van der Waals surface area contributed by atoms with Gasteiger partial charge in [0.15, 0.2) is 9.84 Å². The zero-order chi connectivity index (χ0) is 21.5. The van der Waals surface area contributed by atoms with Crippen LogP contribution in [0, 0.1) is 20.8 Å². The monoisotopic (exact) mass is 409 g/mol. The van der Waals surface area contributed by atoms with Gasteiger partial charge in [0.2, 0.25) is 0 Å². The first-order chi connectivity index (χ1) is 13.0. The zero-order valence-electron chi connectivity index (χ0n) is 18.8. The molecule has 1 aromatic rings. The Morgan fingerprint density at radius 2 is 1.50 bits per heavy atom. The normalized spacial score (nSPS) is 12.0. The van der Waals surface area contributed by atoms with Gasteiger partial charge >= 0.3 is 0 Å². The third-order valence-electron chi connectivity index (χ3n) is 5.49. The molecule has 0 heterocycles. The third kappa shape index (κ3) is 7.23. The van der Waals surface area contributed by atoms with E-state index in [-0.39, 0.29) is 17.2 Å². The number of benzene rings is 1. The summed E-state index contributed by atoms with van der Waals surface area (Å²) < 4.78 is 23.6. The van der Waals surface area contributed by atoms with Crippen molar-refractivity contribution in [1.29, 1.82) is 0 Å². The number of rotatable bonds is 11. The SMILES string of the molecule is Cc1cc(C(=O)NC(C)C)c(C)c(C)c1CCCCCCCS(=O)(=O)C(C)C. The van der Waals surface area contributed by atoms with Crippen molar-refractivity contribution < 1.29 is 13.2 Å². The molecule has 0 aliphatic heterocycles. The quantitative estimate of drug-likeness (QED) is 0.519. The number of nitrogens with one attached hydrogen (secondary N) is 1. The summed E-state index contributed by atoms with van der Waals surface area (Å²) in [7, 11) is -2.90. The average Bonchev–Trinajstić information content (AvgIpc) is 2.58. The van der Waals surface area contributed by atoms with Gasteiger partial charge in [0.1, 0.15) is 0 Å². The predicted molar refractivity (Wildman–Crippen MR) is 119 cm³/mol. The van der Waals surface area contributed by atoms with Gasteiger partial charge in [-0.05, 0) is 96.0 Å². The zero-order valence-corrected chi connectivity index (χ0v) is 19.6. The number of carbonyl (C=O) groups excluding carboxylic acids is 1. The van der Waals surface area contributed by atoms with Crippen LogP contribution in [0.15, 0.2) is 6.07 Å². The lowest BCUT2D eigenvalue weighted by atomic mass is 9.90. The van der Waals surface area contributed by atoms with Crippen molar-refractivity contribution in [2.45, 2.75) is 98.3 Å². The number of sulfone groups is 1. The molecule has 1 amide bonds. The molecular weight excluding hydrogens is 370 g/mol. The van der Waals surface area contributed by atoms with Crippen LogP contribution in [-0.4, -0.2) is 31.4 Å². The van der Waals surface area contributed by atoms with Crippen molar-refractivity contribution >= 4 is 15.7 Å². The van der Waals surface area contributed by atoms with E-state index in [0.717, 1.165) is 49.7 Å². The van der Waals surface area contributed by atoms with Gasteiger partial charge < -0.3 is 5.32 Å². The lowest BCUT2D eigenvalue weighted by Crippen LogP contribution is -2.31. The largest absolute Gasteiger partial charge is 0.350 e. The van der Waals surface area contributed by atoms with E-state index >= 15 is 0 Å². The number of unbranched alkanes of at least 4 members (excludes halogenated alkanes) is 4. The van der Waals surface area contributed by atoms with Gasteiger partial charge in [-0.2, -0.15) is 0 Å². The Morgan fingerprint density at radius 3 is 2.07 bits per heavy atom. The summed E-state index contributed by atoms with van der Waals surface area (Å²) in [5, 5.41) is 2.71. The Hall–Kier alpha value is -1.36. The number of carbonyl (C=O) groups is 1. The molecule has 0 fully saturated rings. The molecule has 0 atom stereocenters. The first-order valence-electron chi connectivity index (χ1n) is 10.6. The fourth-order valence-electron chi connectivity index (χ4n) is 3.47. The van der Waals surface area contributed by atoms with Gasteiger partial charge in [-0.25, -0.2) is 8.42 Å². The highest BCUT2D eigenvalue weighted by Crippen LogP contribution is 2.24. The second-order valence-corrected chi connectivity index (χ2v) is 11.2. The van der Waals surface area contributed by atoms with E-state index in [1.54, 1.807) is 13.8 Å². The number of aryl methyl sites for hydroxylation is 1. The standard InChI is InChI=1S/C23H39NO3S/c1-16(2)24-23(25)22-15-18(5)21(19(6)20(22)7)13-11-9-8-10-12-14-28(26,27)17(3)4/h15-17H,8-14H2,1-7H3,(H,24,25). The van der Waals surface area contributed by atoms with Gasteiger partial charge in [-0.15, -0.1) is 0 Å². The van der Waals surface area contributed by atoms with Crippen LogP contribution in [0.25, 0.3) is 0 Å². The molecule has 1 N–H and O–H groups in total. The van der Waals surface area contributed by atoms with Crippen LogP contribution >= 0.6 is 0 Å². The third-order valence-corrected chi connectivity index (χ3v) is 7.79. The van der Waals surface area contributed by atoms with Crippen molar-refractivity contribution in [3.05, 3.63) is 33.9 Å². The molecule has 28 heavy (non-hydrogen) atoms.